The van der Waals surface area contributed by atoms with Gasteiger partial charge in [0.2, 0.25) is 5.95 Å². The largest absolute Gasteiger partial charge is 0.381 e. The highest BCUT2D eigenvalue weighted by Gasteiger charge is 2.15. The minimum atomic E-state index is 0.357. The fraction of sp³-hybridized carbons (Fsp3) is 0.318. The van der Waals surface area contributed by atoms with Crippen molar-refractivity contribution in [2.75, 3.05) is 18.5 Å². The second kappa shape index (κ2) is 8.54. The third-order valence-corrected chi connectivity index (χ3v) is 5.35. The van der Waals surface area contributed by atoms with Crippen molar-refractivity contribution in [3.63, 3.8) is 0 Å². The van der Waals surface area contributed by atoms with Crippen LogP contribution in [0.5, 0.6) is 0 Å². The first kappa shape index (κ1) is 18.6. The summed E-state index contributed by atoms with van der Waals surface area (Å²) < 4.78 is 7.45. The van der Waals surface area contributed by atoms with Crippen LogP contribution in [-0.4, -0.2) is 48.8 Å². The molecule has 1 N–H and O–H groups in total. The Labute approximate surface area is 174 Å². The molecule has 0 unspecified atom stereocenters. The minimum absolute atomic E-state index is 0.357. The molecule has 30 heavy (non-hydrogen) atoms. The molecule has 0 saturated carbocycles. The van der Waals surface area contributed by atoms with E-state index in [4.69, 9.17) is 9.72 Å². The third-order valence-electron chi connectivity index (χ3n) is 5.35. The first-order valence-corrected chi connectivity index (χ1v) is 10.3. The van der Waals surface area contributed by atoms with E-state index in [1.54, 1.807) is 12.4 Å². The lowest BCUT2D eigenvalue weighted by Crippen LogP contribution is -2.28. The number of rotatable bonds is 6. The van der Waals surface area contributed by atoms with Gasteiger partial charge in [0.1, 0.15) is 5.82 Å². The number of aryl methyl sites for hydroxylation is 2. The van der Waals surface area contributed by atoms with Gasteiger partial charge >= 0.3 is 0 Å². The summed E-state index contributed by atoms with van der Waals surface area (Å²) in [4.78, 5) is 13.2. The van der Waals surface area contributed by atoms with E-state index in [1.165, 1.54) is 5.56 Å². The minimum Gasteiger partial charge on any atom is -0.381 e. The Morgan fingerprint density at radius 3 is 2.87 bits per heavy atom. The third kappa shape index (κ3) is 4.13. The van der Waals surface area contributed by atoms with Gasteiger partial charge in [0.05, 0.1) is 5.69 Å². The zero-order valence-electron chi connectivity index (χ0n) is 16.6. The van der Waals surface area contributed by atoms with Crippen molar-refractivity contribution in [1.82, 2.24) is 29.5 Å². The first-order valence-electron chi connectivity index (χ1n) is 10.3. The van der Waals surface area contributed by atoms with Crippen LogP contribution in [0.2, 0.25) is 0 Å². The van der Waals surface area contributed by atoms with E-state index >= 15 is 0 Å². The monoisotopic (exact) mass is 401 g/mol. The molecule has 4 aromatic rings. The molecule has 1 aliphatic rings. The second-order valence-electron chi connectivity index (χ2n) is 7.42. The van der Waals surface area contributed by atoms with Crippen LogP contribution in [0.25, 0.3) is 16.9 Å². The van der Waals surface area contributed by atoms with E-state index in [0.717, 1.165) is 61.6 Å². The molecule has 1 saturated heterocycles. The van der Waals surface area contributed by atoms with E-state index in [1.807, 2.05) is 41.1 Å². The smallest absolute Gasteiger partial charge is 0.223 e. The molecule has 0 aliphatic carbocycles. The molecule has 5 rings (SSSR count). The van der Waals surface area contributed by atoms with Gasteiger partial charge in [-0.25, -0.2) is 9.97 Å². The zero-order valence-corrected chi connectivity index (χ0v) is 16.6. The fourth-order valence-corrected chi connectivity index (χ4v) is 3.69. The van der Waals surface area contributed by atoms with Crippen molar-refractivity contribution in [2.24, 2.45) is 0 Å². The maximum atomic E-state index is 5.42. The fourth-order valence-electron chi connectivity index (χ4n) is 3.69. The number of hydrogen-bond donors (Lipinski definition) is 1. The Bertz CT molecular complexity index is 1120. The molecule has 0 aromatic carbocycles. The van der Waals surface area contributed by atoms with Gasteiger partial charge in [0.25, 0.3) is 0 Å². The Morgan fingerprint density at radius 2 is 2.00 bits per heavy atom. The van der Waals surface area contributed by atoms with Crippen LogP contribution in [0, 0.1) is 0 Å². The van der Waals surface area contributed by atoms with E-state index in [9.17, 15) is 0 Å². The van der Waals surface area contributed by atoms with Gasteiger partial charge < -0.3 is 10.1 Å². The molecule has 0 atom stereocenters. The average molecular weight is 401 g/mol. The summed E-state index contributed by atoms with van der Waals surface area (Å²) in [5, 5.41) is 12.2. The van der Waals surface area contributed by atoms with Crippen LogP contribution < -0.4 is 5.32 Å². The van der Waals surface area contributed by atoms with Crippen LogP contribution in [0.3, 0.4) is 0 Å². The van der Waals surface area contributed by atoms with Crippen LogP contribution in [0.15, 0.2) is 55.1 Å². The molecule has 1 fully saturated rings. The van der Waals surface area contributed by atoms with Crippen molar-refractivity contribution in [3.05, 3.63) is 66.5 Å². The average Bonchev–Trinajstić information content (AvgIpc) is 3.21. The summed E-state index contributed by atoms with van der Waals surface area (Å²) in [5.41, 5.74) is 3.86. The normalized spacial score (nSPS) is 14.8. The molecule has 0 radical (unpaired) electrons. The molecule has 8 heteroatoms. The summed E-state index contributed by atoms with van der Waals surface area (Å²) in [7, 11) is 0. The first-order chi connectivity index (χ1) is 14.8. The van der Waals surface area contributed by atoms with E-state index in [-0.39, 0.29) is 0 Å². The molecule has 8 nitrogen and oxygen atoms in total. The van der Waals surface area contributed by atoms with Crippen LogP contribution in [-0.2, 0) is 17.6 Å². The number of nitrogens with zero attached hydrogens (tertiary/aromatic N) is 6. The number of ether oxygens (including phenoxy) is 1. The lowest BCUT2D eigenvalue weighted by Gasteiger charge is -2.23. The van der Waals surface area contributed by atoms with Crippen molar-refractivity contribution in [1.29, 1.82) is 0 Å². The predicted octanol–water partition coefficient (Wildman–Crippen LogP) is 2.96. The van der Waals surface area contributed by atoms with Crippen molar-refractivity contribution < 1.29 is 4.74 Å². The molecule has 0 amide bonds. The predicted molar refractivity (Wildman–Crippen MR) is 113 cm³/mol. The van der Waals surface area contributed by atoms with Crippen molar-refractivity contribution in [2.45, 2.75) is 31.7 Å². The molecular formula is C22H23N7O. The lowest BCUT2D eigenvalue weighted by molar-refractivity contribution is 0.0903. The van der Waals surface area contributed by atoms with Gasteiger partial charge in [-0.1, -0.05) is 6.07 Å². The highest BCUT2D eigenvalue weighted by atomic mass is 16.5. The summed E-state index contributed by atoms with van der Waals surface area (Å²) in [6, 6.07) is 10.4. The topological polar surface area (TPSA) is 90.1 Å². The van der Waals surface area contributed by atoms with Gasteiger partial charge in [-0.3, -0.25) is 9.38 Å². The Morgan fingerprint density at radius 1 is 1.07 bits per heavy atom. The molecule has 0 bridgehead atoms. The van der Waals surface area contributed by atoms with E-state index in [2.05, 4.69) is 31.5 Å². The van der Waals surface area contributed by atoms with Gasteiger partial charge in [0, 0.05) is 56.0 Å². The number of nitrogens with one attached hydrogen (secondary N) is 1. The Hall–Kier alpha value is -3.39. The number of hydrogen-bond acceptors (Lipinski definition) is 7. The maximum absolute atomic E-state index is 5.42. The van der Waals surface area contributed by atoms with E-state index < -0.39 is 0 Å². The van der Waals surface area contributed by atoms with Crippen molar-refractivity contribution in [3.8, 4) is 11.3 Å². The summed E-state index contributed by atoms with van der Waals surface area (Å²) >= 11 is 0. The summed E-state index contributed by atoms with van der Waals surface area (Å²) in [6.45, 7) is 1.56. The molecule has 4 aromatic heterocycles. The quantitative estimate of drug-likeness (QED) is 0.531. The second-order valence-corrected chi connectivity index (χ2v) is 7.42. The Balaban J connectivity index is 1.33. The highest BCUT2D eigenvalue weighted by molar-refractivity contribution is 5.64. The number of fused-ring (bicyclic) bond motifs is 1. The summed E-state index contributed by atoms with van der Waals surface area (Å²) in [6.07, 6.45) is 11.1. The SMILES string of the molecule is c1cncc(CCc2nnc3cc(-c4ccnc(NC5CCOCC5)n4)ccn23)c1. The number of aromatic nitrogens is 6. The van der Waals surface area contributed by atoms with Crippen LogP contribution in [0.1, 0.15) is 24.2 Å². The summed E-state index contributed by atoms with van der Waals surface area (Å²) in [5.74, 6) is 1.59. The Kier molecular flexibility index (Phi) is 5.30. The lowest BCUT2D eigenvalue weighted by atomic mass is 10.1. The molecule has 152 valence electrons. The molecular weight excluding hydrogens is 378 g/mol. The maximum Gasteiger partial charge on any atom is 0.223 e. The number of pyridine rings is 2. The van der Waals surface area contributed by atoms with Gasteiger partial charge in [-0.15, -0.1) is 10.2 Å². The van der Waals surface area contributed by atoms with Crippen LogP contribution in [0.4, 0.5) is 5.95 Å². The van der Waals surface area contributed by atoms with Gasteiger partial charge in [-0.2, -0.15) is 0 Å². The molecule has 0 spiro atoms. The van der Waals surface area contributed by atoms with Crippen LogP contribution >= 0.6 is 0 Å². The standard InChI is InChI=1S/C22H23N7O/c1-2-16(15-23-9-1)3-4-20-27-28-21-14-17(6-11-29(20)21)19-5-10-24-22(26-19)25-18-7-12-30-13-8-18/h1-2,5-6,9-11,14-15,18H,3-4,7-8,12-13H2,(H,24,25,26). The van der Waals surface area contributed by atoms with Gasteiger partial charge in [0.15, 0.2) is 5.65 Å². The number of anilines is 1. The van der Waals surface area contributed by atoms with Gasteiger partial charge in [-0.05, 0) is 49.1 Å². The van der Waals surface area contributed by atoms with Crippen molar-refractivity contribution >= 4 is 11.6 Å². The highest BCUT2D eigenvalue weighted by Crippen LogP contribution is 2.21. The molecule has 5 heterocycles. The zero-order chi connectivity index (χ0) is 20.2. The van der Waals surface area contributed by atoms with E-state index in [0.29, 0.717) is 12.0 Å². The molecule has 1 aliphatic heterocycles.